The molecular formula is C21H23FN2O3S. The van der Waals surface area contributed by atoms with E-state index in [0.717, 1.165) is 11.8 Å². The number of nitrogens with zero attached hydrogens (tertiary/aromatic N) is 2. The van der Waals surface area contributed by atoms with Crippen molar-refractivity contribution >= 4 is 21.6 Å². The maximum Gasteiger partial charge on any atom is 0.245 e. The van der Waals surface area contributed by atoms with Crippen molar-refractivity contribution < 1.29 is 17.6 Å². The summed E-state index contributed by atoms with van der Waals surface area (Å²) in [6.07, 6.45) is 2.46. The molecule has 148 valence electrons. The number of para-hydroxylation sites is 1. The zero-order chi connectivity index (χ0) is 20.1. The minimum Gasteiger partial charge on any atom is -0.308 e. The van der Waals surface area contributed by atoms with Crippen molar-refractivity contribution in [1.29, 1.82) is 0 Å². The van der Waals surface area contributed by atoms with Gasteiger partial charge in [0.2, 0.25) is 15.9 Å². The third kappa shape index (κ3) is 4.15. The molecule has 0 unspecified atom stereocenters. The number of anilines is 1. The minimum atomic E-state index is -3.91. The van der Waals surface area contributed by atoms with E-state index in [1.165, 1.54) is 22.5 Å². The second-order valence-electron chi connectivity index (χ2n) is 6.68. The first-order valence-electron chi connectivity index (χ1n) is 9.17. The van der Waals surface area contributed by atoms with Gasteiger partial charge in [-0.2, -0.15) is 4.31 Å². The second-order valence-corrected chi connectivity index (χ2v) is 8.59. The van der Waals surface area contributed by atoms with Crippen LogP contribution in [0.5, 0.6) is 0 Å². The number of rotatable bonds is 6. The Morgan fingerprint density at radius 2 is 1.71 bits per heavy atom. The first-order chi connectivity index (χ1) is 13.4. The summed E-state index contributed by atoms with van der Waals surface area (Å²) in [6, 6.07) is 14.7. The molecule has 0 spiro atoms. The molecule has 0 radical (unpaired) electrons. The largest absolute Gasteiger partial charge is 0.308 e. The number of hydrogen-bond donors (Lipinski definition) is 0. The highest BCUT2D eigenvalue weighted by atomic mass is 32.2. The Balaban J connectivity index is 1.71. The third-order valence-electron chi connectivity index (χ3n) is 4.90. The summed E-state index contributed by atoms with van der Waals surface area (Å²) in [7, 11) is -3.91. The van der Waals surface area contributed by atoms with Gasteiger partial charge in [0.1, 0.15) is 10.7 Å². The lowest BCUT2D eigenvalue weighted by Gasteiger charge is -2.33. The quantitative estimate of drug-likeness (QED) is 0.696. The molecule has 1 fully saturated rings. The molecule has 2 aromatic carbocycles. The molecule has 0 saturated carbocycles. The van der Waals surface area contributed by atoms with E-state index in [9.17, 15) is 17.6 Å². The first kappa shape index (κ1) is 20.2. The van der Waals surface area contributed by atoms with Crippen LogP contribution in [-0.4, -0.2) is 38.3 Å². The molecule has 0 atom stereocenters. The number of piperidine rings is 1. The topological polar surface area (TPSA) is 57.7 Å². The van der Waals surface area contributed by atoms with Crippen molar-refractivity contribution in [3.63, 3.8) is 0 Å². The Bertz CT molecular complexity index is 939. The summed E-state index contributed by atoms with van der Waals surface area (Å²) in [4.78, 5) is 14.4. The van der Waals surface area contributed by atoms with Crippen LogP contribution < -0.4 is 4.90 Å². The van der Waals surface area contributed by atoms with Gasteiger partial charge >= 0.3 is 0 Å². The number of carbonyl (C=O) groups is 1. The average molecular weight is 402 g/mol. The maximum atomic E-state index is 13.9. The van der Waals surface area contributed by atoms with Gasteiger partial charge in [-0.25, -0.2) is 12.8 Å². The first-order valence-corrected chi connectivity index (χ1v) is 10.6. The number of hydrogen-bond acceptors (Lipinski definition) is 3. The third-order valence-corrected chi connectivity index (χ3v) is 6.84. The molecule has 7 heteroatoms. The van der Waals surface area contributed by atoms with Gasteiger partial charge in [0.05, 0.1) is 0 Å². The fourth-order valence-electron chi connectivity index (χ4n) is 3.42. The van der Waals surface area contributed by atoms with Crippen LogP contribution in [0.2, 0.25) is 0 Å². The zero-order valence-corrected chi connectivity index (χ0v) is 16.3. The highest BCUT2D eigenvalue weighted by molar-refractivity contribution is 7.89. The SMILES string of the molecule is C=CCN(C(=O)C1CCN(S(=O)(=O)c2ccccc2F)CC1)c1ccccc1. The van der Waals surface area contributed by atoms with E-state index >= 15 is 0 Å². The van der Waals surface area contributed by atoms with E-state index < -0.39 is 15.8 Å². The van der Waals surface area contributed by atoms with E-state index in [4.69, 9.17) is 0 Å². The molecule has 1 heterocycles. The molecule has 0 aromatic heterocycles. The fraction of sp³-hybridized carbons (Fsp3) is 0.286. The highest BCUT2D eigenvalue weighted by Crippen LogP contribution is 2.27. The van der Waals surface area contributed by atoms with E-state index in [1.54, 1.807) is 11.0 Å². The standard InChI is InChI=1S/C21H23FN2O3S/c1-2-14-24(18-8-4-3-5-9-18)21(25)17-12-15-23(16-13-17)28(26,27)20-11-7-6-10-19(20)22/h2-11,17H,1,12-16H2. The Hall–Kier alpha value is -2.51. The molecule has 5 nitrogen and oxygen atoms in total. The summed E-state index contributed by atoms with van der Waals surface area (Å²) >= 11 is 0. The molecule has 1 amide bonds. The Kier molecular flexibility index (Phi) is 6.26. The summed E-state index contributed by atoms with van der Waals surface area (Å²) in [5, 5.41) is 0. The summed E-state index contributed by atoms with van der Waals surface area (Å²) in [5.41, 5.74) is 0.786. The Morgan fingerprint density at radius 3 is 2.32 bits per heavy atom. The highest BCUT2D eigenvalue weighted by Gasteiger charge is 2.35. The lowest BCUT2D eigenvalue weighted by molar-refractivity contribution is -0.123. The van der Waals surface area contributed by atoms with Crippen LogP contribution in [0.15, 0.2) is 72.1 Å². The number of amides is 1. The number of sulfonamides is 1. The van der Waals surface area contributed by atoms with Crippen LogP contribution >= 0.6 is 0 Å². The van der Waals surface area contributed by atoms with Crippen molar-refractivity contribution in [3.05, 3.63) is 73.1 Å². The molecule has 2 aromatic rings. The van der Waals surface area contributed by atoms with Crippen LogP contribution in [0.25, 0.3) is 0 Å². The zero-order valence-electron chi connectivity index (χ0n) is 15.5. The van der Waals surface area contributed by atoms with Gasteiger partial charge in [0.15, 0.2) is 0 Å². The maximum absolute atomic E-state index is 13.9. The van der Waals surface area contributed by atoms with Gasteiger partial charge in [-0.15, -0.1) is 6.58 Å². The van der Waals surface area contributed by atoms with Crippen LogP contribution in [0.1, 0.15) is 12.8 Å². The van der Waals surface area contributed by atoms with E-state index in [-0.39, 0.29) is 29.8 Å². The predicted molar refractivity (Wildman–Crippen MR) is 107 cm³/mol. The molecule has 0 bridgehead atoms. The van der Waals surface area contributed by atoms with Gasteiger partial charge in [-0.1, -0.05) is 36.4 Å². The Labute approximate surface area is 165 Å². The molecule has 1 aliphatic heterocycles. The summed E-state index contributed by atoms with van der Waals surface area (Å²) in [6.45, 7) is 4.48. The Morgan fingerprint density at radius 1 is 1.11 bits per heavy atom. The van der Waals surface area contributed by atoms with Crippen molar-refractivity contribution in [2.45, 2.75) is 17.7 Å². The fourth-order valence-corrected chi connectivity index (χ4v) is 4.95. The molecule has 0 aliphatic carbocycles. The van der Waals surface area contributed by atoms with Gasteiger partial charge in [0, 0.05) is 31.2 Å². The van der Waals surface area contributed by atoms with Gasteiger partial charge in [-0.3, -0.25) is 4.79 Å². The average Bonchev–Trinajstić information content (AvgIpc) is 2.72. The lowest BCUT2D eigenvalue weighted by atomic mass is 9.96. The van der Waals surface area contributed by atoms with Gasteiger partial charge in [-0.05, 0) is 37.1 Å². The predicted octanol–water partition coefficient (Wildman–Crippen LogP) is 3.45. The van der Waals surface area contributed by atoms with Crippen molar-refractivity contribution in [2.24, 2.45) is 5.92 Å². The minimum absolute atomic E-state index is 0.0472. The van der Waals surface area contributed by atoms with E-state index in [2.05, 4.69) is 6.58 Å². The molecule has 0 N–H and O–H groups in total. The van der Waals surface area contributed by atoms with Crippen molar-refractivity contribution in [1.82, 2.24) is 4.31 Å². The smallest absolute Gasteiger partial charge is 0.245 e. The molecule has 1 saturated heterocycles. The molecule has 28 heavy (non-hydrogen) atoms. The molecule has 3 rings (SSSR count). The molecular weight excluding hydrogens is 379 g/mol. The van der Waals surface area contributed by atoms with E-state index in [1.807, 2.05) is 30.3 Å². The van der Waals surface area contributed by atoms with Crippen LogP contribution in [0.4, 0.5) is 10.1 Å². The van der Waals surface area contributed by atoms with E-state index in [0.29, 0.717) is 19.4 Å². The van der Waals surface area contributed by atoms with Crippen LogP contribution in [-0.2, 0) is 14.8 Å². The number of benzene rings is 2. The van der Waals surface area contributed by atoms with Gasteiger partial charge in [0.25, 0.3) is 0 Å². The van der Waals surface area contributed by atoms with Crippen molar-refractivity contribution in [2.75, 3.05) is 24.5 Å². The van der Waals surface area contributed by atoms with Gasteiger partial charge < -0.3 is 4.90 Å². The summed E-state index contributed by atoms with van der Waals surface area (Å²) in [5.74, 6) is -1.09. The lowest BCUT2D eigenvalue weighted by Crippen LogP contribution is -2.44. The number of carbonyl (C=O) groups excluding carboxylic acids is 1. The van der Waals surface area contributed by atoms with Crippen LogP contribution in [0.3, 0.4) is 0 Å². The summed E-state index contributed by atoms with van der Waals surface area (Å²) < 4.78 is 40.6. The second kappa shape index (κ2) is 8.67. The number of halogens is 1. The van der Waals surface area contributed by atoms with Crippen molar-refractivity contribution in [3.8, 4) is 0 Å². The molecule has 1 aliphatic rings. The monoisotopic (exact) mass is 402 g/mol. The normalized spacial score (nSPS) is 15.9. The van der Waals surface area contributed by atoms with Crippen LogP contribution in [0, 0.1) is 11.7 Å².